The zero-order valence-corrected chi connectivity index (χ0v) is 17.2. The molecule has 2 rings (SSSR count). The summed E-state index contributed by atoms with van der Waals surface area (Å²) in [5.74, 6) is 1.44. The Hall–Kier alpha value is -0.170. The quantitative estimate of drug-likeness (QED) is 0.492. The van der Waals surface area contributed by atoms with Gasteiger partial charge in [-0.1, -0.05) is 0 Å². The van der Waals surface area contributed by atoms with Crippen LogP contribution in [0.5, 0.6) is 0 Å². The van der Waals surface area contributed by atoms with Gasteiger partial charge in [0, 0.05) is 0 Å². The van der Waals surface area contributed by atoms with Crippen LogP contribution in [0.25, 0.3) is 0 Å². The molecule has 2 atom stereocenters. The van der Waals surface area contributed by atoms with Crippen LogP contribution in [0.2, 0.25) is 0 Å². The Morgan fingerprint density at radius 2 is 0.947 bits per heavy atom. The summed E-state index contributed by atoms with van der Waals surface area (Å²) in [6.45, 7) is 18.8. The summed E-state index contributed by atoms with van der Waals surface area (Å²) in [5, 5.41) is 0. The van der Waals surface area contributed by atoms with E-state index in [9.17, 15) is 0 Å². The molecule has 0 fully saturated rings. The van der Waals surface area contributed by atoms with E-state index in [0.29, 0.717) is 0 Å². The Labute approximate surface area is 133 Å². The van der Waals surface area contributed by atoms with Crippen molar-refractivity contribution in [2.45, 2.75) is 55.4 Å². The maximum absolute atomic E-state index is 2.42. The van der Waals surface area contributed by atoms with E-state index in [2.05, 4.69) is 55.4 Å². The maximum Gasteiger partial charge on any atom is -1.00 e. The summed E-state index contributed by atoms with van der Waals surface area (Å²) < 4.78 is 3.69. The number of allylic oxidation sites excluding steroid dienone is 8. The van der Waals surface area contributed by atoms with Crippen LogP contribution in [0.3, 0.4) is 0 Å². The predicted octanol–water partition coefficient (Wildman–Crippen LogP) is 5.81. The van der Waals surface area contributed by atoms with Crippen LogP contribution in [0, 0.1) is 11.8 Å². The molecule has 0 nitrogen and oxygen atoms in total. The molecule has 0 bridgehead atoms. The average Bonchev–Trinajstić information content (AvgIpc) is 2.68. The van der Waals surface area contributed by atoms with Crippen LogP contribution in [0.15, 0.2) is 40.1 Å². The molecule has 0 saturated carbocycles. The molecule has 2 aliphatic rings. The predicted molar refractivity (Wildman–Crippen MR) is 82.7 cm³/mol. The molecule has 0 radical (unpaired) electrons. The molecule has 104 valence electrons. The van der Waals surface area contributed by atoms with Gasteiger partial charge in [-0.2, -0.15) is 0 Å². The van der Waals surface area contributed by atoms with Crippen LogP contribution < -0.4 is 0 Å². The molecular weight excluding hydrogens is 395 g/mol. The molecule has 2 unspecified atom stereocenters. The summed E-state index contributed by atoms with van der Waals surface area (Å²) in [4.78, 5) is 0. The average molecular weight is 423 g/mol. The smallest absolute Gasteiger partial charge is 1.00 e. The van der Waals surface area contributed by atoms with E-state index in [1.807, 2.05) is 6.66 Å². The molecule has 0 aromatic heterocycles. The Morgan fingerprint density at radius 1 is 0.632 bits per heavy atom. The van der Waals surface area contributed by atoms with Crippen LogP contribution in [0.4, 0.5) is 0 Å². The number of hydrogen-bond donors (Lipinski definition) is 0. The summed E-state index contributed by atoms with van der Waals surface area (Å²) in [5.41, 5.74) is 9.63. The van der Waals surface area contributed by atoms with Gasteiger partial charge >= 0.3 is 130 Å². The van der Waals surface area contributed by atoms with Gasteiger partial charge in [-0.3, -0.25) is 0 Å². The fourth-order valence-electron chi connectivity index (χ4n) is 3.28. The maximum atomic E-state index is 2.42. The van der Waals surface area contributed by atoms with Crippen molar-refractivity contribution >= 4 is 0 Å². The molecular formula is C18H28Hf. The van der Waals surface area contributed by atoms with Gasteiger partial charge in [0.2, 0.25) is 0 Å². The van der Waals surface area contributed by atoms with E-state index in [1.54, 1.807) is 33.4 Å². The van der Waals surface area contributed by atoms with Gasteiger partial charge in [0.25, 0.3) is 0 Å². The Morgan fingerprint density at radius 3 is 1.16 bits per heavy atom. The van der Waals surface area contributed by atoms with Crippen LogP contribution in [-0.2, 0) is 22.9 Å². The number of hydrogen-bond acceptors (Lipinski definition) is 0. The van der Waals surface area contributed by atoms with Gasteiger partial charge in [-0.15, -0.1) is 0 Å². The minimum absolute atomic E-state index is 0. The van der Waals surface area contributed by atoms with Crippen molar-refractivity contribution in [1.82, 2.24) is 0 Å². The van der Waals surface area contributed by atoms with Crippen molar-refractivity contribution in [3.05, 3.63) is 40.1 Å². The van der Waals surface area contributed by atoms with Crippen molar-refractivity contribution < 1.29 is 25.8 Å². The van der Waals surface area contributed by atoms with Gasteiger partial charge < -0.3 is 2.85 Å². The first-order valence-corrected chi connectivity index (χ1v) is 10.9. The van der Waals surface area contributed by atoms with Gasteiger partial charge in [0.1, 0.15) is 0 Å². The first-order chi connectivity index (χ1) is 8.77. The van der Waals surface area contributed by atoms with Crippen molar-refractivity contribution in [2.24, 2.45) is 11.8 Å². The molecule has 0 aliphatic heterocycles. The summed E-state index contributed by atoms with van der Waals surface area (Å²) >= 11 is -0.856. The molecule has 0 aromatic carbocycles. The zero-order valence-electron chi connectivity index (χ0n) is 15.7. The third-order valence-corrected chi connectivity index (χ3v) is 13.3. The van der Waals surface area contributed by atoms with Crippen molar-refractivity contribution in [3.63, 3.8) is 0 Å². The third kappa shape index (κ3) is 2.33. The van der Waals surface area contributed by atoms with E-state index in [1.165, 1.54) is 0 Å². The molecule has 0 aromatic rings. The summed E-state index contributed by atoms with van der Waals surface area (Å²) in [7, 11) is 0. The molecule has 1 heteroatoms. The van der Waals surface area contributed by atoms with Crippen molar-refractivity contribution in [1.29, 1.82) is 0 Å². The molecule has 0 heterocycles. The van der Waals surface area contributed by atoms with E-state index in [0.717, 1.165) is 11.8 Å². The third-order valence-electron chi connectivity index (χ3n) is 5.55. The molecule has 0 amide bonds. The second-order valence-corrected chi connectivity index (χ2v) is 11.0. The topological polar surface area (TPSA) is 0 Å². The van der Waals surface area contributed by atoms with Gasteiger partial charge in [-0.05, 0) is 0 Å². The Bertz CT molecular complexity index is 512. The van der Waals surface area contributed by atoms with E-state index < -0.39 is 22.9 Å². The van der Waals surface area contributed by atoms with Gasteiger partial charge in [0.15, 0.2) is 0 Å². The van der Waals surface area contributed by atoms with Crippen LogP contribution in [-0.4, -0.2) is 0 Å². The Kier molecular flexibility index (Phi) is 4.26. The fraction of sp³-hybridized carbons (Fsp3) is 0.556. The van der Waals surface area contributed by atoms with Gasteiger partial charge in [0.05, 0.1) is 0 Å². The largest absolute Gasteiger partial charge is 1.00 e. The van der Waals surface area contributed by atoms with Gasteiger partial charge in [-0.25, -0.2) is 0 Å². The second-order valence-electron chi connectivity index (χ2n) is 6.26. The molecule has 19 heavy (non-hydrogen) atoms. The zero-order chi connectivity index (χ0) is 14.5. The first kappa shape index (κ1) is 15.2. The fourth-order valence-corrected chi connectivity index (χ4v) is 10.1. The Balaban J connectivity index is 0.00000200. The molecule has 0 N–H and O–H groups in total. The molecule has 0 saturated heterocycles. The minimum atomic E-state index is -0.856. The molecule has 0 spiro atoms. The van der Waals surface area contributed by atoms with Crippen LogP contribution in [0.1, 0.15) is 58.2 Å². The van der Waals surface area contributed by atoms with E-state index in [-0.39, 0.29) is 2.85 Å². The van der Waals surface area contributed by atoms with Crippen molar-refractivity contribution in [2.75, 3.05) is 0 Å². The van der Waals surface area contributed by atoms with Crippen LogP contribution >= 0.6 is 0 Å². The first-order valence-electron chi connectivity index (χ1n) is 7.31. The number of rotatable bonds is 2. The normalized spacial score (nSPS) is 28.0. The summed E-state index contributed by atoms with van der Waals surface area (Å²) in [6, 6.07) is 0. The molecule has 2 aliphatic carbocycles. The standard InChI is InChI=1S/2C9H13.Hf.2H/c2*1-6-5-7(2)9(4)8(6)3;;;/h2*6H,1-4H3;;;/q;;+2;2*-1. The monoisotopic (exact) mass is 424 g/mol. The van der Waals surface area contributed by atoms with E-state index in [4.69, 9.17) is 0 Å². The second kappa shape index (κ2) is 5.31. The minimum Gasteiger partial charge on any atom is -1.00 e. The van der Waals surface area contributed by atoms with Crippen molar-refractivity contribution in [3.8, 4) is 0 Å². The summed E-state index contributed by atoms with van der Waals surface area (Å²) in [6.07, 6.45) is 0. The SMILES string of the molecule is CC1=C(C)C(C)[C]([Hf+2][C]2=C(C)C(C)=C(C)C2C)=C1C.[H-].[H-]. The van der Waals surface area contributed by atoms with E-state index >= 15 is 0 Å².